The largest absolute Gasteiger partial charge is 0.475 e. The van der Waals surface area contributed by atoms with Gasteiger partial charge in [0.1, 0.15) is 6.61 Å². The van der Waals surface area contributed by atoms with Crippen LogP contribution in [0.2, 0.25) is 0 Å². The average Bonchev–Trinajstić information content (AvgIpc) is 2.93. The molecule has 0 unspecified atom stereocenters. The van der Waals surface area contributed by atoms with Crippen LogP contribution in [0.4, 0.5) is 5.95 Å². The van der Waals surface area contributed by atoms with E-state index in [-0.39, 0.29) is 41.2 Å². The zero-order chi connectivity index (χ0) is 30.4. The number of unbranched alkanes of at least 4 members (excludes halogenated alkanes) is 1. The lowest BCUT2D eigenvalue weighted by atomic mass is 10.00. The van der Waals surface area contributed by atoms with Gasteiger partial charge in [0.2, 0.25) is 11.8 Å². The van der Waals surface area contributed by atoms with E-state index < -0.39 is 10.0 Å². The van der Waals surface area contributed by atoms with E-state index in [0.29, 0.717) is 30.8 Å². The predicted molar refractivity (Wildman–Crippen MR) is 166 cm³/mol. The van der Waals surface area contributed by atoms with Crippen molar-refractivity contribution in [1.29, 1.82) is 0 Å². The summed E-state index contributed by atoms with van der Waals surface area (Å²) >= 11 is 0. The number of carbonyl (C=O) groups is 1. The second kappa shape index (κ2) is 13.6. The molecule has 226 valence electrons. The minimum Gasteiger partial charge on any atom is -0.475 e. The number of rotatable bonds is 9. The van der Waals surface area contributed by atoms with Gasteiger partial charge in [0.15, 0.2) is 0 Å². The number of carbonyl (C=O) groups excluding carboxylic acids is 1. The number of aromatic nitrogens is 2. The van der Waals surface area contributed by atoms with Gasteiger partial charge in [-0.1, -0.05) is 58.4 Å². The monoisotopic (exact) mass is 593 g/mol. The number of aryl methyl sites for hydroxylation is 2. The Hall–Kier alpha value is -3.50. The number of benzene rings is 2. The van der Waals surface area contributed by atoms with E-state index >= 15 is 0 Å². The van der Waals surface area contributed by atoms with Crippen molar-refractivity contribution in [2.45, 2.75) is 78.2 Å². The van der Waals surface area contributed by atoms with E-state index in [9.17, 15) is 13.2 Å². The van der Waals surface area contributed by atoms with E-state index in [1.165, 1.54) is 12.1 Å². The third-order valence-corrected chi connectivity index (χ3v) is 8.66. The van der Waals surface area contributed by atoms with Crippen LogP contribution in [0.15, 0.2) is 53.4 Å². The Bertz CT molecular complexity index is 1490. The molecule has 4 bridgehead atoms. The van der Waals surface area contributed by atoms with Crippen molar-refractivity contribution < 1.29 is 17.9 Å². The number of anilines is 1. The van der Waals surface area contributed by atoms with Crippen molar-refractivity contribution in [3.8, 4) is 17.1 Å². The van der Waals surface area contributed by atoms with Gasteiger partial charge in [0.05, 0.1) is 16.6 Å². The van der Waals surface area contributed by atoms with Crippen molar-refractivity contribution in [2.75, 3.05) is 24.4 Å². The number of hydrogen-bond donors (Lipinski definition) is 1. The third kappa shape index (κ3) is 7.28. The van der Waals surface area contributed by atoms with E-state index in [2.05, 4.69) is 47.4 Å². The van der Waals surface area contributed by atoms with Crippen LogP contribution in [-0.2, 0) is 10.0 Å². The smallest absolute Gasteiger partial charge is 0.268 e. The predicted octanol–water partition coefficient (Wildman–Crippen LogP) is 6.24. The SMILES string of the molecule is CCCCN(CCC)N1C(=O)c2cccc(c2)S(=O)(=O)Nc2nc(cc(-c3c(C)cccc3C)n2)OC[C@H]1CC(C)C. The zero-order valence-electron chi connectivity index (χ0n) is 25.6. The quantitative estimate of drug-likeness (QED) is 0.313. The van der Waals surface area contributed by atoms with Crippen LogP contribution in [0.25, 0.3) is 11.3 Å². The molecule has 1 aliphatic rings. The first kappa shape index (κ1) is 31.4. The molecule has 10 heteroatoms. The number of ether oxygens (including phenoxy) is 1. The maximum Gasteiger partial charge on any atom is 0.268 e. The highest BCUT2D eigenvalue weighted by atomic mass is 32.2. The Morgan fingerprint density at radius 2 is 1.74 bits per heavy atom. The third-order valence-electron chi connectivity index (χ3n) is 7.33. The second-order valence-electron chi connectivity index (χ2n) is 11.4. The topological polar surface area (TPSA) is 105 Å². The van der Waals surface area contributed by atoms with Crippen molar-refractivity contribution >= 4 is 21.9 Å². The summed E-state index contributed by atoms with van der Waals surface area (Å²) < 4.78 is 36.0. The van der Waals surface area contributed by atoms with Crippen molar-refractivity contribution in [3.05, 3.63) is 65.2 Å². The van der Waals surface area contributed by atoms with Gasteiger partial charge in [-0.15, -0.1) is 0 Å². The number of nitrogens with one attached hydrogen (secondary N) is 1. The molecule has 1 N–H and O–H groups in total. The summed E-state index contributed by atoms with van der Waals surface area (Å²) in [7, 11) is -4.11. The number of sulfonamides is 1. The molecule has 1 aliphatic heterocycles. The van der Waals surface area contributed by atoms with Gasteiger partial charge in [-0.2, -0.15) is 4.98 Å². The molecule has 1 atom stereocenters. The lowest BCUT2D eigenvalue weighted by Gasteiger charge is -2.41. The van der Waals surface area contributed by atoms with E-state index in [1.807, 2.05) is 37.1 Å². The molecule has 42 heavy (non-hydrogen) atoms. The van der Waals surface area contributed by atoms with Crippen LogP contribution in [0.5, 0.6) is 5.88 Å². The normalized spacial score (nSPS) is 16.8. The second-order valence-corrected chi connectivity index (χ2v) is 13.0. The summed E-state index contributed by atoms with van der Waals surface area (Å²) in [6.07, 6.45) is 3.45. The minimum absolute atomic E-state index is 0.0351. The standard InChI is InChI=1S/C32H43N5O4S/c1-7-9-17-36(16-8-2)37-26(18-22(3)4)21-41-29-20-28(30-23(5)12-10-13-24(30)6)33-32(34-29)35-42(39,40)27-15-11-14-25(19-27)31(37)38/h10-15,19-20,22,26H,7-9,16-18,21H2,1-6H3,(H,33,34,35)/t26-/m1/s1. The molecule has 1 amide bonds. The summed E-state index contributed by atoms with van der Waals surface area (Å²) in [5.74, 6) is 0.176. The van der Waals surface area contributed by atoms with Gasteiger partial charge >= 0.3 is 0 Å². The molecule has 2 heterocycles. The van der Waals surface area contributed by atoms with Gasteiger partial charge < -0.3 is 4.74 Å². The fourth-order valence-electron chi connectivity index (χ4n) is 5.41. The Balaban J connectivity index is 1.92. The number of nitrogens with zero attached hydrogens (tertiary/aromatic N) is 4. The molecule has 0 spiro atoms. The zero-order valence-corrected chi connectivity index (χ0v) is 26.4. The summed E-state index contributed by atoms with van der Waals surface area (Å²) in [5.41, 5.74) is 3.74. The van der Waals surface area contributed by atoms with Crippen LogP contribution in [0, 0.1) is 19.8 Å². The molecular formula is C32H43N5O4S. The number of hydrazine groups is 1. The number of fused-ring (bicyclic) bond motifs is 4. The first-order valence-corrected chi connectivity index (χ1v) is 16.3. The Labute approximate surface area is 250 Å². The van der Waals surface area contributed by atoms with Crippen molar-refractivity contribution in [3.63, 3.8) is 0 Å². The van der Waals surface area contributed by atoms with Gasteiger partial charge in [0.25, 0.3) is 15.9 Å². The molecule has 3 aromatic rings. The minimum atomic E-state index is -4.11. The Morgan fingerprint density at radius 1 is 1.02 bits per heavy atom. The maximum absolute atomic E-state index is 14.3. The summed E-state index contributed by atoms with van der Waals surface area (Å²) in [4.78, 5) is 23.3. The highest BCUT2D eigenvalue weighted by molar-refractivity contribution is 7.92. The molecule has 9 nitrogen and oxygen atoms in total. The van der Waals surface area contributed by atoms with Crippen molar-refractivity contribution in [1.82, 2.24) is 20.0 Å². The van der Waals surface area contributed by atoms with Crippen LogP contribution in [-0.4, -0.2) is 60.0 Å². The Morgan fingerprint density at radius 3 is 2.40 bits per heavy atom. The van der Waals surface area contributed by atoms with Crippen molar-refractivity contribution in [2.24, 2.45) is 5.92 Å². The molecule has 0 radical (unpaired) electrons. The molecule has 0 saturated heterocycles. The van der Waals surface area contributed by atoms with Crippen LogP contribution in [0.3, 0.4) is 0 Å². The lowest BCUT2D eigenvalue weighted by Crippen LogP contribution is -2.55. The van der Waals surface area contributed by atoms with Gasteiger partial charge in [0, 0.05) is 30.3 Å². The summed E-state index contributed by atoms with van der Waals surface area (Å²) in [6.45, 7) is 14.0. The van der Waals surface area contributed by atoms with Crippen LogP contribution in [0.1, 0.15) is 74.9 Å². The highest BCUT2D eigenvalue weighted by Gasteiger charge is 2.32. The van der Waals surface area contributed by atoms with Gasteiger partial charge in [-0.25, -0.2) is 23.1 Å². The molecule has 4 rings (SSSR count). The molecule has 2 aromatic carbocycles. The molecule has 1 aromatic heterocycles. The molecule has 0 fully saturated rings. The first-order valence-electron chi connectivity index (χ1n) is 14.8. The molecule has 0 saturated carbocycles. The van der Waals surface area contributed by atoms with Crippen LogP contribution >= 0.6 is 0 Å². The highest BCUT2D eigenvalue weighted by Crippen LogP contribution is 2.30. The fourth-order valence-corrected chi connectivity index (χ4v) is 6.40. The lowest BCUT2D eigenvalue weighted by molar-refractivity contribution is -0.0528. The summed E-state index contributed by atoms with van der Waals surface area (Å²) in [6, 6.07) is 13.6. The first-order chi connectivity index (χ1) is 20.0. The average molecular weight is 594 g/mol. The number of amides is 1. The van der Waals surface area contributed by atoms with E-state index in [0.717, 1.165) is 36.0 Å². The van der Waals surface area contributed by atoms with Crippen LogP contribution < -0.4 is 9.46 Å². The van der Waals surface area contributed by atoms with E-state index in [4.69, 9.17) is 4.74 Å². The van der Waals surface area contributed by atoms with Gasteiger partial charge in [-0.05, 0) is 68.4 Å². The maximum atomic E-state index is 14.3. The number of hydrogen-bond acceptors (Lipinski definition) is 7. The Kier molecular flexibility index (Phi) is 10.2. The fraction of sp³-hybridized carbons (Fsp3) is 0.469. The molecule has 0 aliphatic carbocycles. The molecular weight excluding hydrogens is 550 g/mol. The summed E-state index contributed by atoms with van der Waals surface area (Å²) in [5, 5.41) is 3.92. The van der Waals surface area contributed by atoms with Gasteiger partial charge in [-0.3, -0.25) is 9.80 Å². The van der Waals surface area contributed by atoms with E-state index in [1.54, 1.807) is 18.2 Å².